The molecule has 0 saturated carbocycles. The van der Waals surface area contributed by atoms with Gasteiger partial charge in [0.2, 0.25) is 0 Å². The predicted molar refractivity (Wildman–Crippen MR) is 136 cm³/mol. The van der Waals surface area contributed by atoms with Crippen LogP contribution in [0.4, 0.5) is 13.2 Å². The maximum Gasteiger partial charge on any atom is 0.166 e. The molecule has 4 aromatic carbocycles. The summed E-state index contributed by atoms with van der Waals surface area (Å²) in [5.74, 6) is -1.52. The van der Waals surface area contributed by atoms with Crippen LogP contribution in [0.25, 0.3) is 22.3 Å². The summed E-state index contributed by atoms with van der Waals surface area (Å²) in [5.41, 5.74) is 4.48. The molecule has 0 bridgehead atoms. The van der Waals surface area contributed by atoms with Gasteiger partial charge in [-0.1, -0.05) is 72.3 Å². The molecular weight excluding hydrogens is 445 g/mol. The number of halogens is 3. The molecule has 0 N–H and O–H groups in total. The number of ether oxygens (including phenoxy) is 1. The van der Waals surface area contributed by atoms with Crippen LogP contribution in [0.3, 0.4) is 0 Å². The van der Waals surface area contributed by atoms with Crippen LogP contribution in [0.2, 0.25) is 0 Å². The van der Waals surface area contributed by atoms with Crippen molar-refractivity contribution in [1.82, 2.24) is 0 Å². The first kappa shape index (κ1) is 24.3. The highest BCUT2D eigenvalue weighted by molar-refractivity contribution is 5.66. The molecule has 0 atom stereocenters. The van der Waals surface area contributed by atoms with Crippen molar-refractivity contribution in [1.29, 1.82) is 0 Å². The van der Waals surface area contributed by atoms with Crippen molar-refractivity contribution in [2.45, 2.75) is 26.2 Å². The largest absolute Gasteiger partial charge is 0.493 e. The minimum Gasteiger partial charge on any atom is -0.493 e. The summed E-state index contributed by atoms with van der Waals surface area (Å²) in [4.78, 5) is 0. The van der Waals surface area contributed by atoms with E-state index in [-0.39, 0.29) is 11.4 Å². The second-order valence-electron chi connectivity index (χ2n) is 8.53. The Kier molecular flexibility index (Phi) is 7.71. The Morgan fingerprint density at radius 2 is 1.40 bits per heavy atom. The van der Waals surface area contributed by atoms with Crippen molar-refractivity contribution in [2.75, 3.05) is 6.61 Å². The summed E-state index contributed by atoms with van der Waals surface area (Å²) in [6.45, 7) is 6.04. The van der Waals surface area contributed by atoms with Crippen LogP contribution in [0.15, 0.2) is 91.5 Å². The fourth-order valence-electron chi connectivity index (χ4n) is 3.95. The summed E-state index contributed by atoms with van der Waals surface area (Å²) < 4.78 is 49.6. The molecule has 0 saturated heterocycles. The van der Waals surface area contributed by atoms with Gasteiger partial charge < -0.3 is 4.74 Å². The Bertz CT molecular complexity index is 1310. The van der Waals surface area contributed by atoms with Gasteiger partial charge in [0.25, 0.3) is 0 Å². The van der Waals surface area contributed by atoms with Gasteiger partial charge in [-0.15, -0.1) is 6.58 Å². The van der Waals surface area contributed by atoms with Crippen LogP contribution in [0.1, 0.15) is 23.1 Å². The van der Waals surface area contributed by atoms with Crippen LogP contribution in [-0.4, -0.2) is 6.61 Å². The molecule has 4 heteroatoms. The Morgan fingerprint density at radius 3 is 2.09 bits per heavy atom. The summed E-state index contributed by atoms with van der Waals surface area (Å²) in [7, 11) is 0. The fraction of sp³-hybridized carbons (Fsp3) is 0.161. The SMILES string of the molecule is C=CCCOc1ccc(-c2ccc(CCc3ccc(-c4ccc(C)cc4)c(F)c3F)cc2)c(F)c1. The number of rotatable bonds is 9. The zero-order chi connectivity index (χ0) is 24.8. The Morgan fingerprint density at radius 1 is 0.743 bits per heavy atom. The van der Waals surface area contributed by atoms with Crippen LogP contribution in [0, 0.1) is 24.4 Å². The van der Waals surface area contributed by atoms with Gasteiger partial charge in [-0.3, -0.25) is 0 Å². The van der Waals surface area contributed by atoms with Gasteiger partial charge in [-0.05, 0) is 60.6 Å². The van der Waals surface area contributed by atoms with Crippen molar-refractivity contribution in [2.24, 2.45) is 0 Å². The topological polar surface area (TPSA) is 9.23 Å². The van der Waals surface area contributed by atoms with Gasteiger partial charge in [0.15, 0.2) is 11.6 Å². The molecule has 178 valence electrons. The van der Waals surface area contributed by atoms with Gasteiger partial charge in [-0.25, -0.2) is 13.2 Å². The lowest BCUT2D eigenvalue weighted by Crippen LogP contribution is -2.00. The lowest BCUT2D eigenvalue weighted by molar-refractivity contribution is 0.323. The highest BCUT2D eigenvalue weighted by atomic mass is 19.2. The molecule has 0 aliphatic rings. The lowest BCUT2D eigenvalue weighted by atomic mass is 9.97. The maximum absolute atomic E-state index is 14.8. The molecule has 1 nitrogen and oxygen atoms in total. The van der Waals surface area contributed by atoms with Crippen LogP contribution in [0.5, 0.6) is 5.75 Å². The number of aryl methyl sites for hydroxylation is 3. The summed E-state index contributed by atoms with van der Waals surface area (Å²) >= 11 is 0. The zero-order valence-electron chi connectivity index (χ0n) is 19.7. The van der Waals surface area contributed by atoms with Crippen molar-refractivity contribution in [3.8, 4) is 28.0 Å². The third kappa shape index (κ3) is 5.83. The maximum atomic E-state index is 14.8. The van der Waals surface area contributed by atoms with E-state index in [0.717, 1.165) is 16.7 Å². The molecule has 4 aromatic rings. The smallest absolute Gasteiger partial charge is 0.166 e. The number of hydrogen-bond acceptors (Lipinski definition) is 1. The molecular formula is C31H27F3O. The van der Waals surface area contributed by atoms with Crippen molar-refractivity contribution < 1.29 is 17.9 Å². The van der Waals surface area contributed by atoms with Crippen molar-refractivity contribution >= 4 is 0 Å². The average molecular weight is 473 g/mol. The van der Waals surface area contributed by atoms with Crippen LogP contribution < -0.4 is 4.74 Å². The van der Waals surface area contributed by atoms with Crippen molar-refractivity contribution in [3.05, 3.63) is 126 Å². The lowest BCUT2D eigenvalue weighted by Gasteiger charge is -2.10. The van der Waals surface area contributed by atoms with Gasteiger partial charge >= 0.3 is 0 Å². The molecule has 0 aliphatic carbocycles. The van der Waals surface area contributed by atoms with Crippen molar-refractivity contribution in [3.63, 3.8) is 0 Å². The Labute approximate surface area is 204 Å². The zero-order valence-corrected chi connectivity index (χ0v) is 19.7. The second-order valence-corrected chi connectivity index (χ2v) is 8.53. The summed E-state index contributed by atoms with van der Waals surface area (Å²) in [5, 5.41) is 0. The minimum absolute atomic E-state index is 0.259. The van der Waals surface area contributed by atoms with E-state index in [1.807, 2.05) is 43.3 Å². The molecule has 4 rings (SSSR count). The third-order valence-electron chi connectivity index (χ3n) is 6.00. The summed E-state index contributed by atoms with van der Waals surface area (Å²) in [6, 6.07) is 22.9. The molecule has 0 heterocycles. The van der Waals surface area contributed by atoms with Gasteiger partial charge in [0, 0.05) is 17.2 Å². The predicted octanol–water partition coefficient (Wildman–Crippen LogP) is 8.49. The minimum atomic E-state index is -0.825. The highest BCUT2D eigenvalue weighted by Crippen LogP contribution is 2.29. The number of benzene rings is 4. The van der Waals surface area contributed by atoms with Gasteiger partial charge in [-0.2, -0.15) is 0 Å². The molecule has 0 unspecified atom stereocenters. The van der Waals surface area contributed by atoms with E-state index in [9.17, 15) is 13.2 Å². The van der Waals surface area contributed by atoms with E-state index in [1.165, 1.54) is 6.07 Å². The average Bonchev–Trinajstić information content (AvgIpc) is 2.86. The molecule has 0 aromatic heterocycles. The van der Waals surface area contributed by atoms with Crippen LogP contribution >= 0.6 is 0 Å². The fourth-order valence-corrected chi connectivity index (χ4v) is 3.95. The second kappa shape index (κ2) is 11.1. The quantitative estimate of drug-likeness (QED) is 0.175. The van der Waals surface area contributed by atoms with E-state index < -0.39 is 11.6 Å². The third-order valence-corrected chi connectivity index (χ3v) is 6.00. The summed E-state index contributed by atoms with van der Waals surface area (Å²) in [6.07, 6.45) is 3.34. The van der Waals surface area contributed by atoms with E-state index in [1.54, 1.807) is 42.5 Å². The first-order valence-corrected chi connectivity index (χ1v) is 11.6. The van der Waals surface area contributed by atoms with E-state index >= 15 is 0 Å². The Hall–Kier alpha value is -3.79. The van der Waals surface area contributed by atoms with E-state index in [2.05, 4.69) is 6.58 Å². The monoisotopic (exact) mass is 472 g/mol. The van der Waals surface area contributed by atoms with Gasteiger partial charge in [0.05, 0.1) is 6.61 Å². The molecule has 0 amide bonds. The molecule has 0 fully saturated rings. The first-order valence-electron chi connectivity index (χ1n) is 11.6. The Balaban J connectivity index is 1.43. The van der Waals surface area contributed by atoms with Gasteiger partial charge in [0.1, 0.15) is 11.6 Å². The van der Waals surface area contributed by atoms with E-state index in [4.69, 9.17) is 4.74 Å². The van der Waals surface area contributed by atoms with E-state index in [0.29, 0.717) is 48.3 Å². The van der Waals surface area contributed by atoms with Crippen LogP contribution in [-0.2, 0) is 12.8 Å². The molecule has 0 aliphatic heterocycles. The highest BCUT2D eigenvalue weighted by Gasteiger charge is 2.15. The molecule has 0 radical (unpaired) electrons. The molecule has 0 spiro atoms. The molecule has 35 heavy (non-hydrogen) atoms. The normalized spacial score (nSPS) is 10.9. The first-order chi connectivity index (χ1) is 17.0. The number of hydrogen-bond donors (Lipinski definition) is 0. The standard InChI is InChI=1S/C31H27F3O/c1-3-4-19-35-26-16-18-27(29(32)20-26)23-12-7-22(8-13-23)9-14-25-15-17-28(31(34)30(25)33)24-10-5-21(2)6-11-24/h3,5-8,10-13,15-18,20H,1,4,9,14,19H2,2H3.